The predicted molar refractivity (Wildman–Crippen MR) is 91.4 cm³/mol. The molecule has 1 aromatic heterocycles. The molecule has 0 spiro atoms. The lowest BCUT2D eigenvalue weighted by molar-refractivity contribution is 0.201. The molecule has 0 unspecified atom stereocenters. The van der Waals surface area contributed by atoms with E-state index >= 15 is 0 Å². The minimum absolute atomic E-state index is 0.00779. The largest absolute Gasteiger partial charge is 0.491 e. The van der Waals surface area contributed by atoms with E-state index in [9.17, 15) is 0 Å². The lowest BCUT2D eigenvalue weighted by Gasteiger charge is -2.20. The molecule has 1 N–H and O–H groups in total. The summed E-state index contributed by atoms with van der Waals surface area (Å²) < 4.78 is 5.39. The molecule has 0 saturated heterocycles. The van der Waals surface area contributed by atoms with E-state index in [0.717, 1.165) is 34.0 Å². The quantitative estimate of drug-likeness (QED) is 0.785. The molecule has 5 heteroatoms. The lowest BCUT2D eigenvalue weighted by Crippen LogP contribution is -2.13. The van der Waals surface area contributed by atoms with Crippen molar-refractivity contribution in [3.63, 3.8) is 0 Å². The van der Waals surface area contributed by atoms with Crippen molar-refractivity contribution in [1.29, 1.82) is 0 Å². The van der Waals surface area contributed by atoms with Crippen molar-refractivity contribution in [3.05, 3.63) is 54.4 Å². The third-order valence-corrected chi connectivity index (χ3v) is 3.60. The molecule has 0 aliphatic carbocycles. The second-order valence-electron chi connectivity index (χ2n) is 5.24. The normalized spacial score (nSPS) is 10.7. The number of ether oxygens (including phenoxy) is 1. The van der Waals surface area contributed by atoms with Gasteiger partial charge in [0, 0.05) is 18.1 Å². The van der Waals surface area contributed by atoms with Crippen molar-refractivity contribution in [1.82, 2.24) is 9.97 Å². The summed E-state index contributed by atoms with van der Waals surface area (Å²) in [5, 5.41) is 9.81. The number of fused-ring (bicyclic) bond motifs is 1. The third-order valence-electron chi connectivity index (χ3n) is 3.60. The summed E-state index contributed by atoms with van der Waals surface area (Å²) in [7, 11) is 1.98. The van der Waals surface area contributed by atoms with Gasteiger partial charge in [-0.05, 0) is 43.3 Å². The number of aryl methyl sites for hydroxylation is 1. The summed E-state index contributed by atoms with van der Waals surface area (Å²) in [4.78, 5) is 11.1. The fraction of sp³-hybridized carbons (Fsp3) is 0.222. The van der Waals surface area contributed by atoms with Gasteiger partial charge in [-0.2, -0.15) is 0 Å². The second kappa shape index (κ2) is 6.62. The number of aromatic nitrogens is 2. The van der Waals surface area contributed by atoms with Crippen molar-refractivity contribution in [2.45, 2.75) is 6.92 Å². The Balaban J connectivity index is 1.95. The Hall–Kier alpha value is -2.66. The van der Waals surface area contributed by atoms with E-state index in [2.05, 4.69) is 9.97 Å². The number of aliphatic hydroxyl groups is 1. The number of aliphatic hydroxyl groups excluding tert-OH is 1. The monoisotopic (exact) mass is 309 g/mol. The van der Waals surface area contributed by atoms with E-state index in [1.54, 1.807) is 0 Å². The molecule has 118 valence electrons. The highest BCUT2D eigenvalue weighted by Gasteiger charge is 2.11. The van der Waals surface area contributed by atoms with Crippen molar-refractivity contribution < 1.29 is 9.84 Å². The maximum Gasteiger partial charge on any atom is 0.144 e. The zero-order valence-electron chi connectivity index (χ0n) is 13.2. The summed E-state index contributed by atoms with van der Waals surface area (Å²) >= 11 is 0. The fourth-order valence-corrected chi connectivity index (χ4v) is 2.48. The molecule has 23 heavy (non-hydrogen) atoms. The summed E-state index contributed by atoms with van der Waals surface area (Å²) in [5.41, 5.74) is 1.94. The van der Waals surface area contributed by atoms with Gasteiger partial charge in [-0.1, -0.05) is 12.1 Å². The Morgan fingerprint density at radius 3 is 2.52 bits per heavy atom. The number of nitrogens with zero attached hydrogens (tertiary/aromatic N) is 3. The zero-order chi connectivity index (χ0) is 16.2. The summed E-state index contributed by atoms with van der Waals surface area (Å²) in [6, 6.07) is 15.7. The first-order valence-corrected chi connectivity index (χ1v) is 7.50. The number of benzene rings is 2. The van der Waals surface area contributed by atoms with Crippen LogP contribution in [0.25, 0.3) is 10.9 Å². The van der Waals surface area contributed by atoms with E-state index in [4.69, 9.17) is 9.84 Å². The zero-order valence-corrected chi connectivity index (χ0v) is 13.2. The highest BCUT2D eigenvalue weighted by Crippen LogP contribution is 2.29. The predicted octanol–water partition coefficient (Wildman–Crippen LogP) is 3.08. The molecule has 0 saturated carbocycles. The smallest absolute Gasteiger partial charge is 0.144 e. The first-order chi connectivity index (χ1) is 11.2. The Bertz CT molecular complexity index is 803. The lowest BCUT2D eigenvalue weighted by atomic mass is 10.2. The minimum atomic E-state index is 0.00779. The van der Waals surface area contributed by atoms with Crippen molar-refractivity contribution in [2.75, 3.05) is 25.2 Å². The summed E-state index contributed by atoms with van der Waals surface area (Å²) in [6.07, 6.45) is 0. The molecule has 2 aromatic carbocycles. The number of anilines is 2. The Morgan fingerprint density at radius 1 is 1.04 bits per heavy atom. The molecule has 0 radical (unpaired) electrons. The maximum absolute atomic E-state index is 8.80. The van der Waals surface area contributed by atoms with Crippen LogP contribution in [0.15, 0.2) is 48.5 Å². The average Bonchev–Trinajstić information content (AvgIpc) is 2.59. The molecule has 1 heterocycles. The van der Waals surface area contributed by atoms with Crippen LogP contribution in [0.3, 0.4) is 0 Å². The number of hydrogen-bond donors (Lipinski definition) is 1. The molecule has 0 atom stereocenters. The van der Waals surface area contributed by atoms with Crippen LogP contribution in [-0.4, -0.2) is 35.3 Å². The second-order valence-corrected chi connectivity index (χ2v) is 5.24. The molecular formula is C18H19N3O2. The summed E-state index contributed by atoms with van der Waals surface area (Å²) in [5.74, 6) is 2.35. The highest BCUT2D eigenvalue weighted by molar-refractivity contribution is 5.91. The topological polar surface area (TPSA) is 58.5 Å². The van der Waals surface area contributed by atoms with E-state index in [0.29, 0.717) is 6.61 Å². The highest BCUT2D eigenvalue weighted by atomic mass is 16.5. The molecule has 3 rings (SSSR count). The molecule has 0 aliphatic rings. The fourth-order valence-electron chi connectivity index (χ4n) is 2.48. The van der Waals surface area contributed by atoms with Crippen LogP contribution >= 0.6 is 0 Å². The maximum atomic E-state index is 8.80. The minimum Gasteiger partial charge on any atom is -0.491 e. The van der Waals surface area contributed by atoms with Crippen LogP contribution in [0.2, 0.25) is 0 Å². The van der Waals surface area contributed by atoms with Crippen molar-refractivity contribution in [3.8, 4) is 5.75 Å². The number of para-hydroxylation sites is 1. The Kier molecular flexibility index (Phi) is 4.39. The molecule has 5 nitrogen and oxygen atoms in total. The molecule has 0 amide bonds. The van der Waals surface area contributed by atoms with E-state index in [1.165, 1.54) is 0 Å². The van der Waals surface area contributed by atoms with Gasteiger partial charge in [0.15, 0.2) is 0 Å². The van der Waals surface area contributed by atoms with Crippen LogP contribution in [0.5, 0.6) is 5.75 Å². The van der Waals surface area contributed by atoms with Crippen molar-refractivity contribution >= 4 is 22.4 Å². The van der Waals surface area contributed by atoms with Gasteiger partial charge in [0.2, 0.25) is 0 Å². The third kappa shape index (κ3) is 3.24. The van der Waals surface area contributed by atoms with Crippen LogP contribution in [-0.2, 0) is 0 Å². The first kappa shape index (κ1) is 15.2. The van der Waals surface area contributed by atoms with E-state index < -0.39 is 0 Å². The van der Waals surface area contributed by atoms with Crippen LogP contribution in [0, 0.1) is 6.92 Å². The van der Waals surface area contributed by atoms with E-state index in [-0.39, 0.29) is 6.61 Å². The van der Waals surface area contributed by atoms with Gasteiger partial charge >= 0.3 is 0 Å². The SMILES string of the molecule is Cc1nc(N(C)c2ccc(OCCO)cc2)c2ccccc2n1. The van der Waals surface area contributed by atoms with E-state index in [1.807, 2.05) is 67.4 Å². The Labute approximate surface area is 135 Å². The summed E-state index contributed by atoms with van der Waals surface area (Å²) in [6.45, 7) is 2.20. The van der Waals surface area contributed by atoms with Crippen LogP contribution < -0.4 is 9.64 Å². The van der Waals surface area contributed by atoms with Crippen LogP contribution in [0.1, 0.15) is 5.82 Å². The average molecular weight is 309 g/mol. The van der Waals surface area contributed by atoms with Gasteiger partial charge in [-0.3, -0.25) is 0 Å². The molecule has 0 aliphatic heterocycles. The number of hydrogen-bond acceptors (Lipinski definition) is 5. The standard InChI is InChI=1S/C18H19N3O2/c1-13-19-17-6-4-3-5-16(17)18(20-13)21(2)14-7-9-15(10-8-14)23-12-11-22/h3-10,22H,11-12H2,1-2H3. The molecule has 0 fully saturated rings. The van der Waals surface area contributed by atoms with Gasteiger partial charge < -0.3 is 14.7 Å². The Morgan fingerprint density at radius 2 is 1.78 bits per heavy atom. The molecule has 0 bridgehead atoms. The molecule has 3 aromatic rings. The van der Waals surface area contributed by atoms with Crippen molar-refractivity contribution in [2.24, 2.45) is 0 Å². The number of rotatable bonds is 5. The molecular weight excluding hydrogens is 290 g/mol. The van der Waals surface area contributed by atoms with Gasteiger partial charge in [0.05, 0.1) is 12.1 Å². The van der Waals surface area contributed by atoms with Crippen LogP contribution in [0.4, 0.5) is 11.5 Å². The van der Waals surface area contributed by atoms with Gasteiger partial charge in [0.1, 0.15) is 24.0 Å². The van der Waals surface area contributed by atoms with Gasteiger partial charge in [-0.15, -0.1) is 0 Å². The van der Waals surface area contributed by atoms with Gasteiger partial charge in [-0.25, -0.2) is 9.97 Å². The first-order valence-electron chi connectivity index (χ1n) is 7.50. The van der Waals surface area contributed by atoms with Gasteiger partial charge in [0.25, 0.3) is 0 Å².